The first-order valence-electron chi connectivity index (χ1n) is 6.37. The van der Waals surface area contributed by atoms with Crippen LogP contribution in [0.3, 0.4) is 0 Å². The Morgan fingerprint density at radius 1 is 1.25 bits per heavy atom. The van der Waals surface area contributed by atoms with Gasteiger partial charge in [0.15, 0.2) is 0 Å². The predicted octanol–water partition coefficient (Wildman–Crippen LogP) is 2.84. The number of hydrogen-bond acceptors (Lipinski definition) is 5. The molecule has 0 spiro atoms. The number of carbonyl (C=O) groups excluding carboxylic acids is 1. The maximum absolute atomic E-state index is 11.5. The van der Waals surface area contributed by atoms with Crippen molar-refractivity contribution in [3.63, 3.8) is 0 Å². The minimum Gasteiger partial charge on any atom is -0.264 e. The van der Waals surface area contributed by atoms with E-state index >= 15 is 0 Å². The summed E-state index contributed by atoms with van der Waals surface area (Å²) in [7, 11) is -3.58. The Morgan fingerprint density at radius 3 is 2.15 bits per heavy atom. The van der Waals surface area contributed by atoms with Gasteiger partial charge in [0.25, 0.3) is 10.1 Å². The molecular weight excluding hydrogens is 278 g/mol. The van der Waals surface area contributed by atoms with Gasteiger partial charge in [0, 0.05) is 0 Å². The summed E-state index contributed by atoms with van der Waals surface area (Å²) in [5.74, 6) is 0. The molecule has 0 bridgehead atoms. The molecule has 0 saturated carbocycles. The van der Waals surface area contributed by atoms with E-state index < -0.39 is 10.1 Å². The third-order valence-electron chi connectivity index (χ3n) is 2.03. The highest BCUT2D eigenvalue weighted by molar-refractivity contribution is 7.86. The van der Waals surface area contributed by atoms with Gasteiger partial charge in [-0.3, -0.25) is 4.18 Å². The molecule has 6 heteroatoms. The first-order valence-corrected chi connectivity index (χ1v) is 7.78. The molecule has 0 aliphatic carbocycles. The molecule has 0 heterocycles. The third kappa shape index (κ3) is 7.84. The van der Waals surface area contributed by atoms with Gasteiger partial charge < -0.3 is 0 Å². The third-order valence-corrected chi connectivity index (χ3v) is 3.52. The minimum atomic E-state index is -3.58. The number of hydrogen-bond donors (Lipinski definition) is 0. The molecule has 0 aliphatic rings. The molecule has 0 aromatic heterocycles. The summed E-state index contributed by atoms with van der Waals surface area (Å²) >= 11 is 0. The van der Waals surface area contributed by atoms with Crippen LogP contribution in [0.25, 0.3) is 0 Å². The Hall–Kier alpha value is -1.49. The molecule has 112 valence electrons. The molecule has 5 nitrogen and oxygen atoms in total. The van der Waals surface area contributed by atoms with Crippen molar-refractivity contribution in [1.29, 1.82) is 0 Å². The highest BCUT2D eigenvalue weighted by atomic mass is 32.2. The lowest BCUT2D eigenvalue weighted by Gasteiger charge is -2.08. The summed E-state index contributed by atoms with van der Waals surface area (Å²) in [6.45, 7) is 7.85. The molecule has 0 radical (unpaired) electrons. The van der Waals surface area contributed by atoms with Crippen molar-refractivity contribution >= 4 is 16.2 Å². The summed E-state index contributed by atoms with van der Waals surface area (Å²) in [6.07, 6.45) is 2.04. The highest BCUT2D eigenvalue weighted by Gasteiger charge is 2.16. The second kappa shape index (κ2) is 9.42. The van der Waals surface area contributed by atoms with E-state index in [-0.39, 0.29) is 11.0 Å². The van der Waals surface area contributed by atoms with Gasteiger partial charge in [-0.05, 0) is 39.3 Å². The SMILES string of the molecule is CCCN=C=O.Cc1ccc(S(=O)(=O)OC(C)C)cc1. The largest absolute Gasteiger partial charge is 0.297 e. The molecule has 0 aliphatic heterocycles. The normalized spacial score (nSPS) is 10.4. The molecule has 0 N–H and O–H groups in total. The number of isocyanates is 1. The van der Waals surface area contributed by atoms with Crippen molar-refractivity contribution in [2.75, 3.05) is 6.54 Å². The maximum atomic E-state index is 11.5. The Morgan fingerprint density at radius 2 is 1.80 bits per heavy atom. The second-order valence-corrected chi connectivity index (χ2v) is 5.96. The summed E-state index contributed by atoms with van der Waals surface area (Å²) in [5.41, 5.74) is 1.02. The fourth-order valence-corrected chi connectivity index (χ4v) is 2.26. The molecule has 1 rings (SSSR count). The summed E-state index contributed by atoms with van der Waals surface area (Å²) in [4.78, 5) is 12.8. The van der Waals surface area contributed by atoms with Gasteiger partial charge in [0.05, 0.1) is 17.5 Å². The lowest BCUT2D eigenvalue weighted by atomic mass is 10.2. The van der Waals surface area contributed by atoms with E-state index in [1.807, 2.05) is 13.8 Å². The predicted molar refractivity (Wildman–Crippen MR) is 77.9 cm³/mol. The zero-order valence-electron chi connectivity index (χ0n) is 12.3. The first kappa shape index (κ1) is 18.5. The second-order valence-electron chi connectivity index (χ2n) is 4.39. The molecule has 1 aromatic rings. The number of nitrogens with zero attached hydrogens (tertiary/aromatic N) is 1. The van der Waals surface area contributed by atoms with E-state index in [0.717, 1.165) is 12.0 Å². The average Bonchev–Trinajstić information content (AvgIpc) is 2.36. The molecule has 20 heavy (non-hydrogen) atoms. The lowest BCUT2D eigenvalue weighted by molar-refractivity contribution is 0.249. The summed E-state index contributed by atoms with van der Waals surface area (Å²) in [6, 6.07) is 6.59. The molecule has 0 fully saturated rings. The van der Waals surface area contributed by atoms with Gasteiger partial charge in [-0.2, -0.15) is 8.42 Å². The summed E-state index contributed by atoms with van der Waals surface area (Å²) in [5, 5.41) is 0. The van der Waals surface area contributed by atoms with Crippen LogP contribution in [-0.4, -0.2) is 27.1 Å². The van der Waals surface area contributed by atoms with Gasteiger partial charge in [-0.1, -0.05) is 24.6 Å². The van der Waals surface area contributed by atoms with Crippen LogP contribution in [0.2, 0.25) is 0 Å². The standard InChI is InChI=1S/C10H14O3S.C4H7NO/c1-8(2)13-14(11,12)10-6-4-9(3)5-7-10;1-2-3-5-4-6/h4-8H,1-3H3;2-3H2,1H3. The van der Waals surface area contributed by atoms with Crippen molar-refractivity contribution in [1.82, 2.24) is 0 Å². The molecule has 0 atom stereocenters. The smallest absolute Gasteiger partial charge is 0.264 e. The van der Waals surface area contributed by atoms with Crippen molar-refractivity contribution in [3.05, 3.63) is 29.8 Å². The van der Waals surface area contributed by atoms with Crippen molar-refractivity contribution in [2.45, 2.75) is 45.1 Å². The molecular formula is C14H21NO4S. The molecule has 0 amide bonds. The van der Waals surface area contributed by atoms with E-state index in [2.05, 4.69) is 4.99 Å². The van der Waals surface area contributed by atoms with Crippen molar-refractivity contribution in [3.8, 4) is 0 Å². The van der Waals surface area contributed by atoms with Crippen LogP contribution in [0.5, 0.6) is 0 Å². The van der Waals surface area contributed by atoms with Crippen molar-refractivity contribution in [2.24, 2.45) is 4.99 Å². The number of rotatable bonds is 5. The van der Waals surface area contributed by atoms with Crippen LogP contribution in [0.15, 0.2) is 34.2 Å². The number of benzene rings is 1. The van der Waals surface area contributed by atoms with Gasteiger partial charge >= 0.3 is 0 Å². The van der Waals surface area contributed by atoms with Gasteiger partial charge in [0.2, 0.25) is 6.08 Å². The Kier molecular flexibility index (Phi) is 8.72. The quantitative estimate of drug-likeness (QED) is 0.476. The van der Waals surface area contributed by atoms with E-state index in [0.29, 0.717) is 6.54 Å². The molecule has 0 saturated heterocycles. The first-order chi connectivity index (χ1) is 9.33. The Bertz CT molecular complexity index is 529. The van der Waals surface area contributed by atoms with Gasteiger partial charge in [-0.25, -0.2) is 9.79 Å². The van der Waals surface area contributed by atoms with E-state index in [1.54, 1.807) is 38.1 Å². The molecule has 1 aromatic carbocycles. The zero-order valence-corrected chi connectivity index (χ0v) is 13.1. The Labute approximate surface area is 120 Å². The van der Waals surface area contributed by atoms with E-state index in [9.17, 15) is 13.2 Å². The Balaban J connectivity index is 0.000000511. The number of aryl methyl sites for hydroxylation is 1. The zero-order chi connectivity index (χ0) is 15.6. The fraction of sp³-hybridized carbons (Fsp3) is 0.500. The number of aliphatic imine (C=N–C) groups is 1. The van der Waals surface area contributed by atoms with Crippen LogP contribution >= 0.6 is 0 Å². The van der Waals surface area contributed by atoms with Crippen LogP contribution < -0.4 is 0 Å². The van der Waals surface area contributed by atoms with E-state index in [4.69, 9.17) is 4.18 Å². The van der Waals surface area contributed by atoms with Gasteiger partial charge in [-0.15, -0.1) is 0 Å². The van der Waals surface area contributed by atoms with Gasteiger partial charge in [0.1, 0.15) is 0 Å². The average molecular weight is 299 g/mol. The highest BCUT2D eigenvalue weighted by Crippen LogP contribution is 2.14. The van der Waals surface area contributed by atoms with E-state index in [1.165, 1.54) is 6.08 Å². The minimum absolute atomic E-state index is 0.205. The lowest BCUT2D eigenvalue weighted by Crippen LogP contribution is -2.12. The monoisotopic (exact) mass is 299 g/mol. The maximum Gasteiger partial charge on any atom is 0.297 e. The fourth-order valence-electron chi connectivity index (χ4n) is 1.17. The van der Waals surface area contributed by atoms with Crippen LogP contribution in [-0.2, 0) is 19.1 Å². The van der Waals surface area contributed by atoms with Crippen LogP contribution in [0.4, 0.5) is 0 Å². The van der Waals surface area contributed by atoms with Crippen molar-refractivity contribution < 1.29 is 17.4 Å². The summed E-state index contributed by atoms with van der Waals surface area (Å²) < 4.78 is 27.9. The topological polar surface area (TPSA) is 72.8 Å². The molecule has 0 unspecified atom stereocenters. The van der Waals surface area contributed by atoms with Crippen LogP contribution in [0, 0.1) is 6.92 Å². The van der Waals surface area contributed by atoms with Crippen LogP contribution in [0.1, 0.15) is 32.8 Å².